The number of carbonyl (C=O) groups is 1. The third-order valence-electron chi connectivity index (χ3n) is 2.40. The Bertz CT molecular complexity index is 719. The van der Waals surface area contributed by atoms with Crippen molar-refractivity contribution < 1.29 is 9.53 Å². The SMILES string of the molecule is CC(C)(C)OC(=O)Cc1n[nH]c(=O)c2ncc(Br)cc12. The number of ether oxygens (including phenoxy) is 1. The Morgan fingerprint density at radius 1 is 1.45 bits per heavy atom. The second-order valence-corrected chi connectivity index (χ2v) is 6.23. The number of pyridine rings is 1. The van der Waals surface area contributed by atoms with Gasteiger partial charge in [-0.25, -0.2) is 10.1 Å². The van der Waals surface area contributed by atoms with E-state index >= 15 is 0 Å². The van der Waals surface area contributed by atoms with Gasteiger partial charge in [0.1, 0.15) is 11.1 Å². The Kier molecular flexibility index (Phi) is 3.89. The van der Waals surface area contributed by atoms with Gasteiger partial charge in [-0.3, -0.25) is 9.59 Å². The molecule has 0 aliphatic heterocycles. The van der Waals surface area contributed by atoms with Crippen LogP contribution in [-0.2, 0) is 16.0 Å². The molecule has 0 spiro atoms. The van der Waals surface area contributed by atoms with Gasteiger partial charge >= 0.3 is 5.97 Å². The second-order valence-electron chi connectivity index (χ2n) is 5.31. The molecule has 7 heteroatoms. The number of halogens is 1. The van der Waals surface area contributed by atoms with Crippen LogP contribution in [-0.4, -0.2) is 26.8 Å². The fourth-order valence-electron chi connectivity index (χ4n) is 1.72. The quantitative estimate of drug-likeness (QED) is 0.845. The molecule has 0 saturated heterocycles. The van der Waals surface area contributed by atoms with Crippen LogP contribution in [0, 0.1) is 0 Å². The van der Waals surface area contributed by atoms with Gasteiger partial charge in [0.25, 0.3) is 5.56 Å². The van der Waals surface area contributed by atoms with Gasteiger partial charge in [0.2, 0.25) is 0 Å². The van der Waals surface area contributed by atoms with Crippen molar-refractivity contribution in [2.75, 3.05) is 0 Å². The van der Waals surface area contributed by atoms with Crippen molar-refractivity contribution >= 4 is 32.8 Å². The molecule has 0 aliphatic carbocycles. The van der Waals surface area contributed by atoms with Crippen molar-refractivity contribution in [1.29, 1.82) is 0 Å². The second kappa shape index (κ2) is 5.32. The van der Waals surface area contributed by atoms with E-state index in [0.29, 0.717) is 15.6 Å². The zero-order valence-electron chi connectivity index (χ0n) is 11.4. The number of hydrogen-bond donors (Lipinski definition) is 1. The number of H-pyrrole nitrogens is 1. The minimum absolute atomic E-state index is 0.0251. The summed E-state index contributed by atoms with van der Waals surface area (Å²) in [6.07, 6.45) is 1.50. The van der Waals surface area contributed by atoms with E-state index in [1.807, 2.05) is 0 Å². The number of rotatable bonds is 2. The molecule has 2 aromatic rings. The average Bonchev–Trinajstić information content (AvgIpc) is 2.30. The van der Waals surface area contributed by atoms with Crippen molar-refractivity contribution in [2.45, 2.75) is 32.8 Å². The molecule has 106 valence electrons. The van der Waals surface area contributed by atoms with Crippen molar-refractivity contribution in [2.24, 2.45) is 0 Å². The molecule has 6 nitrogen and oxygen atoms in total. The highest BCUT2D eigenvalue weighted by Crippen LogP contribution is 2.18. The molecule has 2 rings (SSSR count). The van der Waals surface area contributed by atoms with Crippen LogP contribution < -0.4 is 5.56 Å². The standard InChI is InChI=1S/C13H14BrN3O3/c1-13(2,3)20-10(18)5-9-8-4-7(14)6-15-11(8)12(19)17-16-9/h4,6H,5H2,1-3H3,(H,17,19). The van der Waals surface area contributed by atoms with E-state index in [1.165, 1.54) is 6.20 Å². The van der Waals surface area contributed by atoms with Crippen LogP contribution in [0.25, 0.3) is 10.9 Å². The lowest BCUT2D eigenvalue weighted by molar-refractivity contribution is -0.153. The summed E-state index contributed by atoms with van der Waals surface area (Å²) in [5, 5.41) is 6.79. The van der Waals surface area contributed by atoms with E-state index < -0.39 is 11.6 Å². The van der Waals surface area contributed by atoms with Gasteiger partial charge in [-0.1, -0.05) is 0 Å². The Balaban J connectivity index is 2.40. The van der Waals surface area contributed by atoms with Gasteiger partial charge in [0, 0.05) is 16.1 Å². The molecule has 0 unspecified atom stereocenters. The van der Waals surface area contributed by atoms with E-state index in [9.17, 15) is 9.59 Å². The zero-order valence-corrected chi connectivity index (χ0v) is 12.9. The molecular formula is C13H14BrN3O3. The van der Waals surface area contributed by atoms with Crippen LogP contribution in [0.4, 0.5) is 0 Å². The predicted octanol–water partition coefficient (Wildman–Crippen LogP) is 1.96. The average molecular weight is 340 g/mol. The first-order chi connectivity index (χ1) is 9.26. The van der Waals surface area contributed by atoms with Gasteiger partial charge in [-0.05, 0) is 42.8 Å². The Hall–Kier alpha value is -1.76. The lowest BCUT2D eigenvalue weighted by Gasteiger charge is -2.19. The largest absolute Gasteiger partial charge is 0.460 e. The van der Waals surface area contributed by atoms with Crippen LogP contribution in [0.15, 0.2) is 21.5 Å². The number of nitrogens with one attached hydrogen (secondary N) is 1. The molecule has 0 bridgehead atoms. The summed E-state index contributed by atoms with van der Waals surface area (Å²) in [7, 11) is 0. The molecule has 2 heterocycles. The summed E-state index contributed by atoms with van der Waals surface area (Å²) in [5.41, 5.74) is -0.265. The maximum absolute atomic E-state index is 11.9. The molecule has 0 atom stereocenters. The number of aromatic nitrogens is 3. The van der Waals surface area contributed by atoms with E-state index in [-0.39, 0.29) is 17.5 Å². The molecule has 0 amide bonds. The van der Waals surface area contributed by atoms with Crippen molar-refractivity contribution in [1.82, 2.24) is 15.2 Å². The smallest absolute Gasteiger partial charge is 0.312 e. The highest BCUT2D eigenvalue weighted by atomic mass is 79.9. The maximum Gasteiger partial charge on any atom is 0.312 e. The number of aromatic amines is 1. The van der Waals surface area contributed by atoms with Crippen LogP contribution in [0.3, 0.4) is 0 Å². The number of esters is 1. The zero-order chi connectivity index (χ0) is 14.9. The fourth-order valence-corrected chi connectivity index (χ4v) is 2.05. The Labute approximate surface area is 123 Å². The van der Waals surface area contributed by atoms with Crippen molar-refractivity contribution in [3.05, 3.63) is 32.8 Å². The van der Waals surface area contributed by atoms with Crippen LogP contribution in [0.2, 0.25) is 0 Å². The monoisotopic (exact) mass is 339 g/mol. The molecule has 1 N–H and O–H groups in total. The fraction of sp³-hybridized carbons (Fsp3) is 0.385. The summed E-state index contributed by atoms with van der Waals surface area (Å²) < 4.78 is 5.96. The molecule has 0 fully saturated rings. The number of fused-ring (bicyclic) bond motifs is 1. The summed E-state index contributed by atoms with van der Waals surface area (Å²) in [6, 6.07) is 1.71. The summed E-state index contributed by atoms with van der Waals surface area (Å²) in [4.78, 5) is 27.5. The van der Waals surface area contributed by atoms with Crippen molar-refractivity contribution in [3.8, 4) is 0 Å². The van der Waals surface area contributed by atoms with Gasteiger partial charge in [-0.15, -0.1) is 0 Å². The van der Waals surface area contributed by atoms with Crippen LogP contribution >= 0.6 is 15.9 Å². The van der Waals surface area contributed by atoms with Crippen LogP contribution in [0.1, 0.15) is 26.5 Å². The Morgan fingerprint density at radius 2 is 2.15 bits per heavy atom. The maximum atomic E-state index is 11.9. The number of nitrogens with zero attached hydrogens (tertiary/aromatic N) is 2. The molecule has 2 aromatic heterocycles. The first-order valence-corrected chi connectivity index (χ1v) is 6.80. The van der Waals surface area contributed by atoms with E-state index in [1.54, 1.807) is 26.8 Å². The van der Waals surface area contributed by atoms with Gasteiger partial charge in [0.15, 0.2) is 0 Å². The lowest BCUT2D eigenvalue weighted by Crippen LogP contribution is -2.25. The third kappa shape index (κ3) is 3.41. The molecule has 20 heavy (non-hydrogen) atoms. The molecule has 0 aliphatic rings. The highest BCUT2D eigenvalue weighted by molar-refractivity contribution is 9.10. The summed E-state index contributed by atoms with van der Waals surface area (Å²) in [6.45, 7) is 5.38. The van der Waals surface area contributed by atoms with Crippen molar-refractivity contribution in [3.63, 3.8) is 0 Å². The molecular weight excluding hydrogens is 326 g/mol. The normalized spacial score (nSPS) is 11.6. The summed E-state index contributed by atoms with van der Waals surface area (Å²) >= 11 is 3.29. The topological polar surface area (TPSA) is 84.9 Å². The van der Waals surface area contributed by atoms with E-state index in [0.717, 1.165) is 0 Å². The minimum Gasteiger partial charge on any atom is -0.460 e. The predicted molar refractivity (Wildman–Crippen MR) is 77.4 cm³/mol. The van der Waals surface area contributed by atoms with Crippen LogP contribution in [0.5, 0.6) is 0 Å². The Morgan fingerprint density at radius 3 is 2.80 bits per heavy atom. The first-order valence-electron chi connectivity index (χ1n) is 6.01. The first kappa shape index (κ1) is 14.6. The molecule has 0 aromatic carbocycles. The van der Waals surface area contributed by atoms with Gasteiger partial charge in [0.05, 0.1) is 12.1 Å². The lowest BCUT2D eigenvalue weighted by atomic mass is 10.1. The highest BCUT2D eigenvalue weighted by Gasteiger charge is 2.19. The van der Waals surface area contributed by atoms with Gasteiger partial charge < -0.3 is 4.74 Å². The number of hydrogen-bond acceptors (Lipinski definition) is 5. The number of carbonyl (C=O) groups excluding carboxylic acids is 1. The van der Waals surface area contributed by atoms with E-state index in [2.05, 4.69) is 31.1 Å². The minimum atomic E-state index is -0.562. The third-order valence-corrected chi connectivity index (χ3v) is 2.84. The van der Waals surface area contributed by atoms with Gasteiger partial charge in [-0.2, -0.15) is 5.10 Å². The molecule has 0 radical (unpaired) electrons. The summed E-state index contributed by atoms with van der Waals surface area (Å²) in [5.74, 6) is -0.404. The molecule has 0 saturated carbocycles. The van der Waals surface area contributed by atoms with E-state index in [4.69, 9.17) is 4.74 Å².